The molecule has 2 N–H and O–H groups in total. The van der Waals surface area contributed by atoms with Crippen LogP contribution >= 0.6 is 0 Å². The normalized spacial score (nSPS) is 32.0. The van der Waals surface area contributed by atoms with E-state index in [2.05, 4.69) is 6.92 Å². The molecule has 54 valence electrons. The van der Waals surface area contributed by atoms with Crippen molar-refractivity contribution in [2.45, 2.75) is 25.8 Å². The summed E-state index contributed by atoms with van der Waals surface area (Å²) in [7, 11) is 0. The fourth-order valence-electron chi connectivity index (χ4n) is 1.18. The van der Waals surface area contributed by atoms with E-state index in [4.69, 9.17) is 10.5 Å². The summed E-state index contributed by atoms with van der Waals surface area (Å²) in [4.78, 5) is 0. The molecule has 1 aliphatic rings. The molecular formula is C7H15NO. The molecule has 9 heavy (non-hydrogen) atoms. The van der Waals surface area contributed by atoms with Crippen LogP contribution in [0, 0.1) is 5.92 Å². The number of rotatable bonds is 1. The maximum Gasteiger partial charge on any atom is 0.0508 e. The minimum atomic E-state index is 0.310. The van der Waals surface area contributed by atoms with Crippen LogP contribution in [0.15, 0.2) is 0 Å². The lowest BCUT2D eigenvalue weighted by Gasteiger charge is -2.24. The lowest BCUT2D eigenvalue weighted by atomic mass is 9.96. The SMILES string of the molecule is C[C@@H](N)C1CCCOC1. The highest BCUT2D eigenvalue weighted by Gasteiger charge is 2.16. The molecular weight excluding hydrogens is 114 g/mol. The van der Waals surface area contributed by atoms with Crippen molar-refractivity contribution in [1.29, 1.82) is 0 Å². The first kappa shape index (κ1) is 7.03. The lowest BCUT2D eigenvalue weighted by Crippen LogP contribution is -2.33. The summed E-state index contributed by atoms with van der Waals surface area (Å²) >= 11 is 0. The van der Waals surface area contributed by atoms with Crippen LogP contribution in [0.4, 0.5) is 0 Å². The Balaban J connectivity index is 2.23. The smallest absolute Gasteiger partial charge is 0.0508 e. The van der Waals surface area contributed by atoms with Gasteiger partial charge in [-0.2, -0.15) is 0 Å². The Hall–Kier alpha value is -0.0800. The molecule has 0 saturated carbocycles. The molecule has 0 aliphatic carbocycles. The van der Waals surface area contributed by atoms with Crippen molar-refractivity contribution in [2.75, 3.05) is 13.2 Å². The Bertz CT molecular complexity index is 77.0. The minimum Gasteiger partial charge on any atom is -0.381 e. The van der Waals surface area contributed by atoms with Crippen molar-refractivity contribution in [2.24, 2.45) is 11.7 Å². The molecule has 2 nitrogen and oxygen atoms in total. The van der Waals surface area contributed by atoms with Crippen molar-refractivity contribution in [1.82, 2.24) is 0 Å². The molecule has 1 heterocycles. The number of hydrogen-bond donors (Lipinski definition) is 1. The minimum absolute atomic E-state index is 0.310. The van der Waals surface area contributed by atoms with E-state index in [1.54, 1.807) is 0 Å². The van der Waals surface area contributed by atoms with E-state index in [-0.39, 0.29) is 0 Å². The van der Waals surface area contributed by atoms with E-state index in [1.165, 1.54) is 12.8 Å². The lowest BCUT2D eigenvalue weighted by molar-refractivity contribution is 0.0472. The van der Waals surface area contributed by atoms with Gasteiger partial charge in [0, 0.05) is 12.6 Å². The summed E-state index contributed by atoms with van der Waals surface area (Å²) in [6.07, 6.45) is 2.43. The maximum absolute atomic E-state index is 5.69. The molecule has 1 aliphatic heterocycles. The molecule has 0 aromatic rings. The van der Waals surface area contributed by atoms with E-state index in [0.29, 0.717) is 12.0 Å². The number of ether oxygens (including phenoxy) is 1. The summed E-state index contributed by atoms with van der Waals surface area (Å²) < 4.78 is 5.26. The molecule has 0 spiro atoms. The first-order valence-corrected chi connectivity index (χ1v) is 3.64. The van der Waals surface area contributed by atoms with Gasteiger partial charge in [0.1, 0.15) is 0 Å². The van der Waals surface area contributed by atoms with Crippen LogP contribution in [0.5, 0.6) is 0 Å². The van der Waals surface area contributed by atoms with Gasteiger partial charge in [-0.15, -0.1) is 0 Å². The predicted molar refractivity (Wildman–Crippen MR) is 37.2 cm³/mol. The van der Waals surface area contributed by atoms with Gasteiger partial charge in [0.15, 0.2) is 0 Å². The molecule has 2 heteroatoms. The zero-order chi connectivity index (χ0) is 6.69. The summed E-state index contributed by atoms with van der Waals surface area (Å²) in [5, 5.41) is 0. The maximum atomic E-state index is 5.69. The summed E-state index contributed by atoms with van der Waals surface area (Å²) in [5.74, 6) is 0.610. The first-order chi connectivity index (χ1) is 4.30. The zero-order valence-electron chi connectivity index (χ0n) is 5.97. The highest BCUT2D eigenvalue weighted by molar-refractivity contribution is 4.70. The monoisotopic (exact) mass is 129 g/mol. The molecule has 1 saturated heterocycles. The highest BCUT2D eigenvalue weighted by Crippen LogP contribution is 2.15. The second-order valence-corrected chi connectivity index (χ2v) is 2.84. The standard InChI is InChI=1S/C7H15NO/c1-6(8)7-3-2-4-9-5-7/h6-7H,2-5,8H2,1H3/t6-,7?/m1/s1. The molecule has 2 atom stereocenters. The van der Waals surface area contributed by atoms with Gasteiger partial charge >= 0.3 is 0 Å². The first-order valence-electron chi connectivity index (χ1n) is 3.64. The summed E-state index contributed by atoms with van der Waals surface area (Å²) in [5.41, 5.74) is 5.69. The molecule has 0 aromatic heterocycles. The van der Waals surface area contributed by atoms with Gasteiger partial charge in [0.05, 0.1) is 6.61 Å². The predicted octanol–water partition coefficient (Wildman–Crippen LogP) is 0.760. The van der Waals surface area contributed by atoms with Crippen LogP contribution in [0.2, 0.25) is 0 Å². The molecule has 0 radical (unpaired) electrons. The summed E-state index contributed by atoms with van der Waals surface area (Å²) in [6.45, 7) is 3.86. The van der Waals surface area contributed by atoms with Crippen molar-refractivity contribution in [3.63, 3.8) is 0 Å². The van der Waals surface area contributed by atoms with Gasteiger partial charge in [0.2, 0.25) is 0 Å². The average molecular weight is 129 g/mol. The fourth-order valence-corrected chi connectivity index (χ4v) is 1.18. The van der Waals surface area contributed by atoms with Crippen LogP contribution in [-0.2, 0) is 4.74 Å². The van der Waals surface area contributed by atoms with Crippen molar-refractivity contribution in [3.8, 4) is 0 Å². The molecule has 0 aromatic carbocycles. The largest absolute Gasteiger partial charge is 0.381 e. The average Bonchev–Trinajstić information content (AvgIpc) is 1.90. The van der Waals surface area contributed by atoms with Gasteiger partial charge in [0.25, 0.3) is 0 Å². The second-order valence-electron chi connectivity index (χ2n) is 2.84. The Labute approximate surface area is 56.4 Å². The van der Waals surface area contributed by atoms with Crippen LogP contribution in [0.1, 0.15) is 19.8 Å². The fraction of sp³-hybridized carbons (Fsp3) is 1.00. The van der Waals surface area contributed by atoms with E-state index in [9.17, 15) is 0 Å². The topological polar surface area (TPSA) is 35.2 Å². The third-order valence-corrected chi connectivity index (χ3v) is 1.94. The van der Waals surface area contributed by atoms with Gasteiger partial charge in [-0.25, -0.2) is 0 Å². The van der Waals surface area contributed by atoms with Crippen LogP contribution in [-0.4, -0.2) is 19.3 Å². The van der Waals surface area contributed by atoms with E-state index in [0.717, 1.165) is 13.2 Å². The van der Waals surface area contributed by atoms with Gasteiger partial charge in [-0.3, -0.25) is 0 Å². The highest BCUT2D eigenvalue weighted by atomic mass is 16.5. The molecule has 1 rings (SSSR count). The van der Waals surface area contributed by atoms with Crippen LogP contribution in [0.25, 0.3) is 0 Å². The Kier molecular flexibility index (Phi) is 2.49. The number of nitrogens with two attached hydrogens (primary N) is 1. The Morgan fingerprint density at radius 1 is 1.67 bits per heavy atom. The molecule has 0 amide bonds. The molecule has 1 unspecified atom stereocenters. The summed E-state index contributed by atoms with van der Waals surface area (Å²) in [6, 6.07) is 0.310. The Morgan fingerprint density at radius 3 is 2.78 bits per heavy atom. The Morgan fingerprint density at radius 2 is 2.44 bits per heavy atom. The van der Waals surface area contributed by atoms with E-state index < -0.39 is 0 Å². The van der Waals surface area contributed by atoms with Crippen molar-refractivity contribution in [3.05, 3.63) is 0 Å². The van der Waals surface area contributed by atoms with Crippen molar-refractivity contribution >= 4 is 0 Å². The zero-order valence-corrected chi connectivity index (χ0v) is 5.97. The van der Waals surface area contributed by atoms with Gasteiger partial charge in [-0.1, -0.05) is 0 Å². The van der Waals surface area contributed by atoms with Gasteiger partial charge in [-0.05, 0) is 25.7 Å². The third-order valence-electron chi connectivity index (χ3n) is 1.94. The van der Waals surface area contributed by atoms with Crippen LogP contribution in [0.3, 0.4) is 0 Å². The second kappa shape index (κ2) is 3.18. The van der Waals surface area contributed by atoms with Gasteiger partial charge < -0.3 is 10.5 Å². The quantitative estimate of drug-likeness (QED) is 0.567. The molecule has 1 fully saturated rings. The third kappa shape index (κ3) is 1.95. The molecule has 0 bridgehead atoms. The van der Waals surface area contributed by atoms with Crippen molar-refractivity contribution < 1.29 is 4.74 Å². The van der Waals surface area contributed by atoms with E-state index in [1.807, 2.05) is 0 Å². The van der Waals surface area contributed by atoms with E-state index >= 15 is 0 Å². The number of hydrogen-bond acceptors (Lipinski definition) is 2. The van der Waals surface area contributed by atoms with Crippen LogP contribution < -0.4 is 5.73 Å².